The average molecular weight is 73.2 g/mol. The summed E-state index contributed by atoms with van der Waals surface area (Å²) in [6.45, 7) is 0. The van der Waals surface area contributed by atoms with Gasteiger partial charge >= 0.3 is 0 Å². The monoisotopic (exact) mass is 73.0 g/mol. The van der Waals surface area contributed by atoms with E-state index in [-0.39, 0.29) is 0 Å². The first-order chi connectivity index (χ1) is 1.89. The topological polar surface area (TPSA) is 26.0 Å². The third-order valence-corrected chi connectivity index (χ3v) is 1.87. The van der Waals surface area contributed by atoms with Gasteiger partial charge in [-0.2, -0.15) is 0 Å². The van der Waals surface area contributed by atoms with E-state index in [0.29, 0.717) is 9.52 Å². The molecular weight excluding hydrogens is 66.1 g/mol. The van der Waals surface area contributed by atoms with E-state index in [1.165, 1.54) is 6.04 Å². The van der Waals surface area contributed by atoms with E-state index in [4.69, 9.17) is 5.73 Å². The SMILES string of the molecule is NC1C[SiH2]1. The van der Waals surface area contributed by atoms with Crippen molar-refractivity contribution in [1.29, 1.82) is 0 Å². The molecule has 0 saturated carbocycles. The zero-order valence-corrected chi connectivity index (χ0v) is 3.98. The average Bonchev–Trinajstić information content (AvgIpc) is 1.75. The van der Waals surface area contributed by atoms with Gasteiger partial charge in [0.1, 0.15) is 0 Å². The van der Waals surface area contributed by atoms with Crippen molar-refractivity contribution in [3.05, 3.63) is 0 Å². The molecule has 1 unspecified atom stereocenters. The predicted molar refractivity (Wildman–Crippen MR) is 21.3 cm³/mol. The molecule has 24 valence electrons. The Balaban J connectivity index is 2.17. The number of hydrogen-bond donors (Lipinski definition) is 1. The fourth-order valence-corrected chi connectivity index (χ4v) is 0.289. The lowest BCUT2D eigenvalue weighted by Gasteiger charge is -1.58. The first-order valence-corrected chi connectivity index (χ1v) is 3.47. The van der Waals surface area contributed by atoms with Crippen molar-refractivity contribution in [1.82, 2.24) is 0 Å². The highest BCUT2D eigenvalue weighted by Gasteiger charge is 2.14. The summed E-state index contributed by atoms with van der Waals surface area (Å²) >= 11 is 0. The number of hydrogen-bond acceptors (Lipinski definition) is 1. The van der Waals surface area contributed by atoms with Gasteiger partial charge in [0.05, 0.1) is 0 Å². The standard InChI is InChI=1S/C2H7NSi/c3-2-1-4-2/h2H,1,3-4H2. The highest BCUT2D eigenvalue weighted by atomic mass is 28.2. The van der Waals surface area contributed by atoms with Gasteiger partial charge in [0.15, 0.2) is 0 Å². The number of nitrogens with two attached hydrogens (primary N) is 1. The van der Waals surface area contributed by atoms with Crippen LogP contribution in [0.3, 0.4) is 0 Å². The molecule has 4 heavy (non-hydrogen) atoms. The molecule has 0 spiro atoms. The van der Waals surface area contributed by atoms with Gasteiger partial charge in [-0.3, -0.25) is 0 Å². The van der Waals surface area contributed by atoms with Crippen LogP contribution < -0.4 is 5.73 Å². The van der Waals surface area contributed by atoms with Gasteiger partial charge in [0, 0.05) is 9.52 Å². The smallest absolute Gasteiger partial charge is 0.0409 e. The highest BCUT2D eigenvalue weighted by molar-refractivity contribution is 6.50. The van der Waals surface area contributed by atoms with E-state index in [1.54, 1.807) is 0 Å². The summed E-state index contributed by atoms with van der Waals surface area (Å²) in [5, 5.41) is 0. The van der Waals surface area contributed by atoms with Crippen LogP contribution in [-0.2, 0) is 0 Å². The van der Waals surface area contributed by atoms with Crippen molar-refractivity contribution in [2.75, 3.05) is 0 Å². The van der Waals surface area contributed by atoms with E-state index < -0.39 is 0 Å². The van der Waals surface area contributed by atoms with Crippen LogP contribution >= 0.6 is 0 Å². The molecule has 0 aromatic carbocycles. The molecule has 1 heterocycles. The van der Waals surface area contributed by atoms with Crippen LogP contribution in [0.15, 0.2) is 0 Å². The van der Waals surface area contributed by atoms with E-state index in [1.807, 2.05) is 0 Å². The Bertz CT molecular complexity index is 25.2. The van der Waals surface area contributed by atoms with Gasteiger partial charge in [-0.1, -0.05) is 0 Å². The maximum atomic E-state index is 5.28. The van der Waals surface area contributed by atoms with Crippen molar-refractivity contribution in [2.24, 2.45) is 5.73 Å². The Labute approximate surface area is 28.0 Å². The van der Waals surface area contributed by atoms with Crippen LogP contribution in [0.25, 0.3) is 0 Å². The minimum absolute atomic E-state index is 0.369. The summed E-state index contributed by atoms with van der Waals surface area (Å²) in [5.74, 6) is 0. The molecule has 1 nitrogen and oxygen atoms in total. The molecule has 2 heteroatoms. The van der Waals surface area contributed by atoms with E-state index in [0.717, 1.165) is 5.67 Å². The van der Waals surface area contributed by atoms with Crippen molar-refractivity contribution in [2.45, 2.75) is 11.7 Å². The molecule has 1 aliphatic rings. The third kappa shape index (κ3) is 0.299. The minimum atomic E-state index is 0.369. The zero-order valence-electron chi connectivity index (χ0n) is 2.57. The van der Waals surface area contributed by atoms with Crippen LogP contribution in [0.1, 0.15) is 0 Å². The van der Waals surface area contributed by atoms with Gasteiger partial charge in [0.25, 0.3) is 0 Å². The van der Waals surface area contributed by atoms with Gasteiger partial charge < -0.3 is 5.73 Å². The van der Waals surface area contributed by atoms with Gasteiger partial charge in [-0.15, -0.1) is 0 Å². The van der Waals surface area contributed by atoms with Crippen molar-refractivity contribution < 1.29 is 0 Å². The largest absolute Gasteiger partial charge is 0.331 e. The van der Waals surface area contributed by atoms with Gasteiger partial charge in [-0.05, 0) is 11.7 Å². The molecule has 1 atom stereocenters. The van der Waals surface area contributed by atoms with Crippen LogP contribution in [-0.4, -0.2) is 15.2 Å². The molecular formula is C2H7NSi. The molecule has 0 radical (unpaired) electrons. The van der Waals surface area contributed by atoms with Crippen molar-refractivity contribution in [3.8, 4) is 0 Å². The molecule has 0 aromatic rings. The van der Waals surface area contributed by atoms with Crippen molar-refractivity contribution in [3.63, 3.8) is 0 Å². The normalized spacial score (nSPS) is 45.8. The first kappa shape index (κ1) is 2.42. The molecule has 1 rings (SSSR count). The van der Waals surface area contributed by atoms with Crippen LogP contribution in [0, 0.1) is 0 Å². The Morgan fingerprint density at radius 2 is 2.25 bits per heavy atom. The predicted octanol–water partition coefficient (Wildman–Crippen LogP) is -1.13. The van der Waals surface area contributed by atoms with Crippen molar-refractivity contribution >= 4 is 9.52 Å². The molecule has 2 N–H and O–H groups in total. The second-order valence-electron chi connectivity index (χ2n) is 1.34. The van der Waals surface area contributed by atoms with E-state index in [2.05, 4.69) is 0 Å². The molecule has 0 bridgehead atoms. The Kier molecular flexibility index (Phi) is 0.339. The maximum absolute atomic E-state index is 5.28. The lowest BCUT2D eigenvalue weighted by Crippen LogP contribution is -1.97. The summed E-state index contributed by atoms with van der Waals surface area (Å²) in [4.78, 5) is 0. The van der Waals surface area contributed by atoms with E-state index >= 15 is 0 Å². The zero-order chi connectivity index (χ0) is 2.99. The summed E-state index contributed by atoms with van der Waals surface area (Å²) in [5.41, 5.74) is 6.01. The molecule has 1 fully saturated rings. The Morgan fingerprint density at radius 1 is 2.00 bits per heavy atom. The summed E-state index contributed by atoms with van der Waals surface area (Å²) < 4.78 is 0. The molecule has 0 aromatic heterocycles. The Morgan fingerprint density at radius 3 is 2.25 bits per heavy atom. The fourth-order valence-electron chi connectivity index (χ4n) is 0.0962. The van der Waals surface area contributed by atoms with Gasteiger partial charge in [-0.25, -0.2) is 0 Å². The summed E-state index contributed by atoms with van der Waals surface area (Å²) in [6, 6.07) is 1.40. The molecule has 1 aliphatic heterocycles. The lowest BCUT2D eigenvalue weighted by molar-refractivity contribution is 1.15. The van der Waals surface area contributed by atoms with Crippen LogP contribution in [0.2, 0.25) is 6.04 Å². The quantitative estimate of drug-likeness (QED) is 0.361. The van der Waals surface area contributed by atoms with E-state index in [9.17, 15) is 0 Å². The summed E-state index contributed by atoms with van der Waals surface area (Å²) in [6.07, 6.45) is 0. The minimum Gasteiger partial charge on any atom is -0.331 e. The first-order valence-electron chi connectivity index (χ1n) is 1.65. The molecule has 0 aliphatic carbocycles. The van der Waals surface area contributed by atoms with Gasteiger partial charge in [0.2, 0.25) is 0 Å². The Hall–Kier alpha value is 0.177. The third-order valence-electron chi connectivity index (χ3n) is 0.622. The fraction of sp³-hybridized carbons (Fsp3) is 1.00. The highest BCUT2D eigenvalue weighted by Crippen LogP contribution is 2.01. The number of rotatable bonds is 0. The second kappa shape index (κ2) is 0.562. The molecule has 1 saturated heterocycles. The second-order valence-corrected chi connectivity index (χ2v) is 3.54. The summed E-state index contributed by atoms with van der Waals surface area (Å²) in [7, 11) is 0.369. The van der Waals surface area contributed by atoms with Crippen LogP contribution in [0.4, 0.5) is 0 Å². The maximum Gasteiger partial charge on any atom is 0.0409 e. The molecule has 0 amide bonds. The lowest BCUT2D eigenvalue weighted by atomic mass is 10.8. The van der Waals surface area contributed by atoms with Crippen LogP contribution in [0.5, 0.6) is 0 Å².